The smallest absolute Gasteiger partial charge is 0.266 e. The molecule has 0 radical (unpaired) electrons. The Labute approximate surface area is 139 Å². The monoisotopic (exact) mass is 327 g/mol. The summed E-state index contributed by atoms with van der Waals surface area (Å²) in [6.07, 6.45) is 0. The maximum atomic E-state index is 13.8. The first kappa shape index (κ1) is 16.4. The van der Waals surface area contributed by atoms with E-state index in [4.69, 9.17) is 4.74 Å². The lowest BCUT2D eigenvalue weighted by Crippen LogP contribution is -2.35. The van der Waals surface area contributed by atoms with Crippen molar-refractivity contribution in [1.82, 2.24) is 9.88 Å². The van der Waals surface area contributed by atoms with Crippen molar-refractivity contribution in [2.75, 3.05) is 26.3 Å². The molecule has 0 atom stereocenters. The number of aromatic amines is 1. The summed E-state index contributed by atoms with van der Waals surface area (Å²) < 4.78 is 19.1. The Kier molecular flexibility index (Phi) is 4.74. The van der Waals surface area contributed by atoms with Crippen molar-refractivity contribution in [2.24, 2.45) is 0 Å². The first-order valence-electron chi connectivity index (χ1n) is 7.81. The van der Waals surface area contributed by atoms with Crippen LogP contribution in [0, 0.1) is 24.1 Å². The van der Waals surface area contributed by atoms with Crippen LogP contribution in [0.1, 0.15) is 16.8 Å². The molecule has 0 saturated carbocycles. The molecule has 1 aromatic carbocycles. The zero-order valence-electron chi connectivity index (χ0n) is 13.4. The summed E-state index contributed by atoms with van der Waals surface area (Å²) in [5.74, 6) is -0.331. The topological polar surface area (TPSA) is 69.1 Å². The molecule has 0 spiro atoms. The highest BCUT2D eigenvalue weighted by Gasteiger charge is 2.17. The third kappa shape index (κ3) is 3.37. The Bertz CT molecular complexity index is 848. The van der Waals surface area contributed by atoms with Crippen LogP contribution in [0.15, 0.2) is 29.1 Å². The van der Waals surface area contributed by atoms with E-state index in [1.165, 1.54) is 12.1 Å². The van der Waals surface area contributed by atoms with Gasteiger partial charge < -0.3 is 9.72 Å². The van der Waals surface area contributed by atoms with Gasteiger partial charge in [-0.3, -0.25) is 9.69 Å². The van der Waals surface area contributed by atoms with Crippen LogP contribution in [-0.4, -0.2) is 36.2 Å². The van der Waals surface area contributed by atoms with Crippen LogP contribution in [0.2, 0.25) is 0 Å². The zero-order valence-corrected chi connectivity index (χ0v) is 13.4. The minimum Gasteiger partial charge on any atom is -0.379 e. The summed E-state index contributed by atoms with van der Waals surface area (Å²) >= 11 is 0. The van der Waals surface area contributed by atoms with Crippen LogP contribution in [0.25, 0.3) is 11.1 Å². The second-order valence-corrected chi connectivity index (χ2v) is 5.87. The summed E-state index contributed by atoms with van der Waals surface area (Å²) in [6, 6.07) is 8.19. The quantitative estimate of drug-likeness (QED) is 0.938. The molecule has 1 aliphatic rings. The van der Waals surface area contributed by atoms with E-state index >= 15 is 0 Å². The predicted molar refractivity (Wildman–Crippen MR) is 88.0 cm³/mol. The lowest BCUT2D eigenvalue weighted by molar-refractivity contribution is 0.0342. The van der Waals surface area contributed by atoms with Crippen LogP contribution >= 0.6 is 0 Å². The van der Waals surface area contributed by atoms with Gasteiger partial charge in [-0.2, -0.15) is 5.26 Å². The van der Waals surface area contributed by atoms with E-state index in [1.54, 1.807) is 19.1 Å². The maximum Gasteiger partial charge on any atom is 0.266 e. The fourth-order valence-electron chi connectivity index (χ4n) is 2.97. The van der Waals surface area contributed by atoms with Crippen molar-refractivity contribution in [3.63, 3.8) is 0 Å². The average Bonchev–Trinajstić information content (AvgIpc) is 2.55. The number of H-pyrrole nitrogens is 1. The van der Waals surface area contributed by atoms with Gasteiger partial charge in [-0.1, -0.05) is 6.07 Å². The molecule has 2 aromatic rings. The number of hydrogen-bond donors (Lipinski definition) is 1. The van der Waals surface area contributed by atoms with Gasteiger partial charge in [-0.05, 0) is 36.2 Å². The van der Waals surface area contributed by atoms with Gasteiger partial charge >= 0.3 is 0 Å². The number of halogens is 1. The number of nitrogens with zero attached hydrogens (tertiary/aromatic N) is 2. The van der Waals surface area contributed by atoms with Gasteiger partial charge in [0.1, 0.15) is 17.4 Å². The second kappa shape index (κ2) is 6.95. The molecule has 0 unspecified atom stereocenters. The predicted octanol–water partition coefficient (Wildman–Crippen LogP) is 2.19. The number of nitrogens with one attached hydrogen (secondary N) is 1. The van der Waals surface area contributed by atoms with Gasteiger partial charge in [0, 0.05) is 30.9 Å². The van der Waals surface area contributed by atoms with Gasteiger partial charge in [-0.15, -0.1) is 0 Å². The molecule has 1 fully saturated rings. The Hall–Kier alpha value is -2.49. The van der Waals surface area contributed by atoms with E-state index in [0.29, 0.717) is 36.6 Å². The molecule has 5 nitrogen and oxygen atoms in total. The Morgan fingerprint density at radius 1 is 1.29 bits per heavy atom. The highest BCUT2D eigenvalue weighted by atomic mass is 19.1. The molecule has 0 amide bonds. The molecule has 1 N–H and O–H groups in total. The van der Waals surface area contributed by atoms with E-state index in [9.17, 15) is 14.4 Å². The summed E-state index contributed by atoms with van der Waals surface area (Å²) in [4.78, 5) is 16.9. The largest absolute Gasteiger partial charge is 0.379 e. The standard InChI is InChI=1S/C18H18FN3O2/c1-12-8-16(17(10-20)18(23)21-12)15-3-2-14(19)9-13(15)11-22-4-6-24-7-5-22/h2-3,8-9H,4-7,11H2,1H3,(H,21,23). The third-order valence-corrected chi connectivity index (χ3v) is 4.13. The lowest BCUT2D eigenvalue weighted by Gasteiger charge is -2.27. The maximum absolute atomic E-state index is 13.8. The van der Waals surface area contributed by atoms with Gasteiger partial charge in [0.05, 0.1) is 13.2 Å². The molecule has 124 valence electrons. The fraction of sp³-hybridized carbons (Fsp3) is 0.333. The molecule has 0 bridgehead atoms. The lowest BCUT2D eigenvalue weighted by atomic mass is 9.95. The van der Waals surface area contributed by atoms with Crippen molar-refractivity contribution < 1.29 is 9.13 Å². The normalized spacial score (nSPS) is 15.2. The van der Waals surface area contributed by atoms with Crippen molar-refractivity contribution in [2.45, 2.75) is 13.5 Å². The van der Waals surface area contributed by atoms with Crippen molar-refractivity contribution in [3.8, 4) is 17.2 Å². The van der Waals surface area contributed by atoms with E-state index in [1.807, 2.05) is 6.07 Å². The van der Waals surface area contributed by atoms with E-state index < -0.39 is 5.56 Å². The Morgan fingerprint density at radius 2 is 2.04 bits per heavy atom. The van der Waals surface area contributed by atoms with Gasteiger partial charge in [0.2, 0.25) is 0 Å². The number of aryl methyl sites for hydroxylation is 1. The van der Waals surface area contributed by atoms with E-state index in [0.717, 1.165) is 18.7 Å². The number of morpholine rings is 1. The van der Waals surface area contributed by atoms with Gasteiger partial charge in [0.15, 0.2) is 0 Å². The molecule has 3 rings (SSSR count). The molecular weight excluding hydrogens is 309 g/mol. The number of rotatable bonds is 3. The molecule has 1 aliphatic heterocycles. The van der Waals surface area contributed by atoms with E-state index in [-0.39, 0.29) is 11.4 Å². The van der Waals surface area contributed by atoms with Crippen molar-refractivity contribution in [1.29, 1.82) is 5.26 Å². The summed E-state index contributed by atoms with van der Waals surface area (Å²) in [5, 5.41) is 9.35. The van der Waals surface area contributed by atoms with Gasteiger partial charge in [0.25, 0.3) is 5.56 Å². The van der Waals surface area contributed by atoms with Crippen LogP contribution in [0.5, 0.6) is 0 Å². The van der Waals surface area contributed by atoms with Crippen molar-refractivity contribution in [3.05, 3.63) is 57.3 Å². The summed E-state index contributed by atoms with van der Waals surface area (Å²) in [5.41, 5.74) is 2.31. The zero-order chi connectivity index (χ0) is 17.1. The minimum absolute atomic E-state index is 0.0513. The number of pyridine rings is 1. The number of benzene rings is 1. The Balaban J connectivity index is 2.08. The van der Waals surface area contributed by atoms with Crippen molar-refractivity contribution >= 4 is 0 Å². The van der Waals surface area contributed by atoms with Crippen LogP contribution < -0.4 is 5.56 Å². The number of aromatic nitrogens is 1. The number of hydrogen-bond acceptors (Lipinski definition) is 4. The summed E-state index contributed by atoms with van der Waals surface area (Å²) in [7, 11) is 0. The van der Waals surface area contributed by atoms with Crippen LogP contribution in [0.3, 0.4) is 0 Å². The fourth-order valence-corrected chi connectivity index (χ4v) is 2.97. The second-order valence-electron chi connectivity index (χ2n) is 5.87. The first-order valence-corrected chi connectivity index (χ1v) is 7.81. The molecular formula is C18H18FN3O2. The van der Waals surface area contributed by atoms with Crippen LogP contribution in [0.4, 0.5) is 4.39 Å². The summed E-state index contributed by atoms with van der Waals surface area (Å²) in [6.45, 7) is 5.16. The molecule has 1 saturated heterocycles. The van der Waals surface area contributed by atoms with Gasteiger partial charge in [-0.25, -0.2) is 4.39 Å². The van der Waals surface area contributed by atoms with Crippen LogP contribution in [-0.2, 0) is 11.3 Å². The highest BCUT2D eigenvalue weighted by Crippen LogP contribution is 2.28. The molecule has 24 heavy (non-hydrogen) atoms. The number of ether oxygens (including phenoxy) is 1. The third-order valence-electron chi connectivity index (χ3n) is 4.13. The highest BCUT2D eigenvalue weighted by molar-refractivity contribution is 5.73. The SMILES string of the molecule is Cc1cc(-c2ccc(F)cc2CN2CCOCC2)c(C#N)c(=O)[nH]1. The molecule has 0 aliphatic carbocycles. The molecule has 1 aromatic heterocycles. The Morgan fingerprint density at radius 3 is 2.75 bits per heavy atom. The minimum atomic E-state index is -0.422. The molecule has 6 heteroatoms. The molecule has 2 heterocycles. The first-order chi connectivity index (χ1) is 11.6. The van der Waals surface area contributed by atoms with E-state index in [2.05, 4.69) is 9.88 Å². The number of nitriles is 1. The average molecular weight is 327 g/mol.